The van der Waals surface area contributed by atoms with Crippen LogP contribution in [0.2, 0.25) is 0 Å². The van der Waals surface area contributed by atoms with E-state index in [-0.39, 0.29) is 0 Å². The molecule has 2 aliphatic rings. The monoisotopic (exact) mass is 110 g/mol. The number of hydrogen-bond donors (Lipinski definition) is 0. The molecule has 2 fully saturated rings. The lowest BCUT2D eigenvalue weighted by atomic mass is 9.95. The summed E-state index contributed by atoms with van der Waals surface area (Å²) in [5.74, 6) is 0.905. The van der Waals surface area contributed by atoms with Gasteiger partial charge >= 0.3 is 0 Å². The van der Waals surface area contributed by atoms with Crippen LogP contribution < -0.4 is 0 Å². The van der Waals surface area contributed by atoms with E-state index in [9.17, 15) is 0 Å². The molecule has 1 atom stereocenters. The van der Waals surface area contributed by atoms with Gasteiger partial charge in [0, 0.05) is 0 Å². The van der Waals surface area contributed by atoms with E-state index in [1.165, 1.54) is 19.4 Å². The molecule has 2 rings (SSSR count). The lowest BCUT2D eigenvalue weighted by Gasteiger charge is -2.13. The SMILES string of the molecule is CC1C[N-]CC12CC2. The first kappa shape index (κ1) is 4.80. The van der Waals surface area contributed by atoms with Crippen LogP contribution in [0.4, 0.5) is 0 Å². The molecule has 1 nitrogen and oxygen atoms in total. The third-order valence-corrected chi connectivity index (χ3v) is 2.77. The number of nitrogens with zero attached hydrogens (tertiary/aromatic N) is 1. The molecule has 0 N–H and O–H groups in total. The van der Waals surface area contributed by atoms with Gasteiger partial charge in [-0.25, -0.2) is 0 Å². The Morgan fingerprint density at radius 2 is 2.25 bits per heavy atom. The van der Waals surface area contributed by atoms with Gasteiger partial charge in [-0.2, -0.15) is 0 Å². The standard InChI is InChI=1S/C7H12N/c1-6-4-8-5-7(6)2-3-7/h6H,2-5H2,1H3/q-1. The number of hydrogen-bond acceptors (Lipinski definition) is 0. The van der Waals surface area contributed by atoms with Gasteiger partial charge in [0.15, 0.2) is 0 Å². The van der Waals surface area contributed by atoms with Crippen LogP contribution in [-0.4, -0.2) is 13.1 Å². The van der Waals surface area contributed by atoms with Gasteiger partial charge in [0.2, 0.25) is 0 Å². The Labute approximate surface area is 50.5 Å². The fourth-order valence-corrected chi connectivity index (χ4v) is 1.64. The van der Waals surface area contributed by atoms with Crippen LogP contribution in [0.5, 0.6) is 0 Å². The van der Waals surface area contributed by atoms with Crippen LogP contribution in [0.1, 0.15) is 19.8 Å². The molecule has 1 aliphatic carbocycles. The van der Waals surface area contributed by atoms with Crippen molar-refractivity contribution in [2.24, 2.45) is 11.3 Å². The summed E-state index contributed by atoms with van der Waals surface area (Å²) >= 11 is 0. The zero-order valence-corrected chi connectivity index (χ0v) is 5.35. The van der Waals surface area contributed by atoms with E-state index in [4.69, 9.17) is 0 Å². The predicted molar refractivity (Wildman–Crippen MR) is 33.9 cm³/mol. The molecule has 0 aromatic heterocycles. The molecule has 1 aliphatic heterocycles. The van der Waals surface area contributed by atoms with Crippen LogP contribution in [0, 0.1) is 11.3 Å². The Balaban J connectivity index is 2.12. The maximum atomic E-state index is 4.38. The van der Waals surface area contributed by atoms with Crippen molar-refractivity contribution in [2.45, 2.75) is 19.8 Å². The highest BCUT2D eigenvalue weighted by atomic mass is 15.0. The molecular formula is C7H12N-. The third kappa shape index (κ3) is 0.455. The quantitative estimate of drug-likeness (QED) is 0.451. The Bertz CT molecular complexity index is 105. The molecule has 0 radical (unpaired) electrons. The van der Waals surface area contributed by atoms with Crippen molar-refractivity contribution < 1.29 is 0 Å². The van der Waals surface area contributed by atoms with Crippen molar-refractivity contribution in [3.05, 3.63) is 5.32 Å². The summed E-state index contributed by atoms with van der Waals surface area (Å²) in [7, 11) is 0. The van der Waals surface area contributed by atoms with Crippen LogP contribution in [0.15, 0.2) is 0 Å². The molecule has 46 valence electrons. The van der Waals surface area contributed by atoms with Gasteiger partial charge in [-0.15, -0.1) is 13.1 Å². The highest BCUT2D eigenvalue weighted by molar-refractivity contribution is 5.13. The zero-order chi connectivity index (χ0) is 5.61. The van der Waals surface area contributed by atoms with Crippen molar-refractivity contribution in [1.29, 1.82) is 0 Å². The molecule has 0 aromatic rings. The second-order valence-electron chi connectivity index (χ2n) is 3.33. The Hall–Kier alpha value is -0.0400. The minimum Gasteiger partial charge on any atom is -0.662 e. The van der Waals surface area contributed by atoms with Crippen molar-refractivity contribution in [2.75, 3.05) is 13.1 Å². The molecule has 1 heteroatoms. The highest BCUT2D eigenvalue weighted by Gasteiger charge is 2.44. The summed E-state index contributed by atoms with van der Waals surface area (Å²) in [6.45, 7) is 4.65. The highest BCUT2D eigenvalue weighted by Crippen LogP contribution is 2.56. The second-order valence-corrected chi connectivity index (χ2v) is 3.33. The summed E-state index contributed by atoms with van der Waals surface area (Å²) in [4.78, 5) is 0. The predicted octanol–water partition coefficient (Wildman–Crippen LogP) is 1.79. The molecule has 0 amide bonds. The van der Waals surface area contributed by atoms with E-state index in [0.717, 1.165) is 17.9 Å². The number of rotatable bonds is 0. The third-order valence-electron chi connectivity index (χ3n) is 2.77. The van der Waals surface area contributed by atoms with E-state index in [2.05, 4.69) is 12.2 Å². The first-order valence-electron chi connectivity index (χ1n) is 3.47. The lowest BCUT2D eigenvalue weighted by Crippen LogP contribution is -2.07. The molecule has 1 unspecified atom stereocenters. The smallest absolute Gasteiger partial charge is 0.0476 e. The van der Waals surface area contributed by atoms with E-state index in [0.29, 0.717) is 0 Å². The van der Waals surface area contributed by atoms with Crippen LogP contribution in [0.3, 0.4) is 0 Å². The molecule has 1 saturated heterocycles. The van der Waals surface area contributed by atoms with Crippen LogP contribution in [0.25, 0.3) is 5.32 Å². The minimum absolute atomic E-state index is 0.736. The van der Waals surface area contributed by atoms with Gasteiger partial charge in [-0.3, -0.25) is 0 Å². The van der Waals surface area contributed by atoms with Crippen molar-refractivity contribution >= 4 is 0 Å². The average Bonchev–Trinajstić information content (AvgIpc) is 2.39. The topological polar surface area (TPSA) is 14.1 Å². The fourth-order valence-electron chi connectivity index (χ4n) is 1.64. The van der Waals surface area contributed by atoms with E-state index >= 15 is 0 Å². The molecule has 1 saturated carbocycles. The molecule has 1 spiro atoms. The summed E-state index contributed by atoms with van der Waals surface area (Å²) in [5.41, 5.74) is 0.736. The summed E-state index contributed by atoms with van der Waals surface area (Å²) < 4.78 is 0. The van der Waals surface area contributed by atoms with Gasteiger partial charge in [0.25, 0.3) is 0 Å². The normalized spacial score (nSPS) is 40.9. The van der Waals surface area contributed by atoms with Gasteiger partial charge < -0.3 is 5.32 Å². The van der Waals surface area contributed by atoms with E-state index in [1.807, 2.05) is 0 Å². The molecule has 1 heterocycles. The second kappa shape index (κ2) is 1.27. The molecule has 0 bridgehead atoms. The average molecular weight is 110 g/mol. The van der Waals surface area contributed by atoms with E-state index in [1.54, 1.807) is 0 Å². The first-order chi connectivity index (χ1) is 3.83. The lowest BCUT2D eigenvalue weighted by molar-refractivity contribution is 0.433. The van der Waals surface area contributed by atoms with Gasteiger partial charge in [-0.1, -0.05) is 12.8 Å². The minimum atomic E-state index is 0.736. The Morgan fingerprint density at radius 3 is 2.50 bits per heavy atom. The van der Waals surface area contributed by atoms with Crippen LogP contribution >= 0.6 is 0 Å². The first-order valence-corrected chi connectivity index (χ1v) is 3.47. The van der Waals surface area contributed by atoms with Gasteiger partial charge in [0.05, 0.1) is 0 Å². The van der Waals surface area contributed by atoms with Crippen LogP contribution in [-0.2, 0) is 0 Å². The van der Waals surface area contributed by atoms with Gasteiger partial charge in [-0.05, 0) is 18.3 Å². The largest absolute Gasteiger partial charge is 0.662 e. The zero-order valence-electron chi connectivity index (χ0n) is 5.35. The Morgan fingerprint density at radius 1 is 1.50 bits per heavy atom. The maximum Gasteiger partial charge on any atom is -0.0476 e. The summed E-state index contributed by atoms with van der Waals surface area (Å²) in [6.07, 6.45) is 2.91. The maximum absolute atomic E-state index is 4.38. The van der Waals surface area contributed by atoms with E-state index < -0.39 is 0 Å². The van der Waals surface area contributed by atoms with Gasteiger partial charge in [0.1, 0.15) is 0 Å². The fraction of sp³-hybridized carbons (Fsp3) is 1.00. The Kier molecular flexibility index (Phi) is 0.762. The summed E-state index contributed by atoms with van der Waals surface area (Å²) in [5, 5.41) is 4.38. The molecule has 0 aromatic carbocycles. The van der Waals surface area contributed by atoms with Crippen molar-refractivity contribution in [1.82, 2.24) is 0 Å². The molecular weight excluding hydrogens is 98.1 g/mol. The van der Waals surface area contributed by atoms with Crippen molar-refractivity contribution in [3.8, 4) is 0 Å². The van der Waals surface area contributed by atoms with Crippen molar-refractivity contribution in [3.63, 3.8) is 0 Å². The summed E-state index contributed by atoms with van der Waals surface area (Å²) in [6, 6.07) is 0. The molecule has 8 heavy (non-hydrogen) atoms.